The molecule has 3 rings (SSSR count). The van der Waals surface area contributed by atoms with E-state index in [9.17, 15) is 9.59 Å². The van der Waals surface area contributed by atoms with Crippen molar-refractivity contribution in [3.63, 3.8) is 0 Å². The second-order valence-electron chi connectivity index (χ2n) is 9.17. The van der Waals surface area contributed by atoms with Gasteiger partial charge in [-0.3, -0.25) is 4.79 Å². The molecule has 0 radical (unpaired) electrons. The number of ether oxygens (including phenoxy) is 1. The minimum absolute atomic E-state index is 0.0759. The molecule has 0 bridgehead atoms. The molecule has 174 valence electrons. The van der Waals surface area contributed by atoms with E-state index < -0.39 is 24.4 Å². The highest BCUT2D eigenvalue weighted by Crippen LogP contribution is 2.47. The van der Waals surface area contributed by atoms with Crippen LogP contribution in [0.4, 0.5) is 0 Å². The van der Waals surface area contributed by atoms with Crippen LogP contribution in [0.2, 0.25) is 0 Å². The van der Waals surface area contributed by atoms with Gasteiger partial charge in [-0.2, -0.15) is 0 Å². The van der Waals surface area contributed by atoms with Crippen molar-refractivity contribution in [1.82, 2.24) is 0 Å². The molecule has 34 heavy (non-hydrogen) atoms. The van der Waals surface area contributed by atoms with Crippen LogP contribution in [0.25, 0.3) is 4.85 Å². The molecule has 0 heterocycles. The lowest BCUT2D eigenvalue weighted by Crippen LogP contribution is -2.35. The second kappa shape index (κ2) is 10.7. The molecule has 0 aromatic heterocycles. The van der Waals surface area contributed by atoms with Gasteiger partial charge in [0.15, 0.2) is 5.78 Å². The molecule has 5 heteroatoms. The smallest absolute Gasteiger partial charge is 0.306 e. The van der Waals surface area contributed by atoms with Gasteiger partial charge >= 0.3 is 5.97 Å². The maximum absolute atomic E-state index is 13.9. The first kappa shape index (κ1) is 25.2. The Morgan fingerprint density at radius 1 is 0.824 bits per heavy atom. The molecular formula is C29H30NO3P. The summed E-state index contributed by atoms with van der Waals surface area (Å²) in [5.74, 6) is -1.44. The van der Waals surface area contributed by atoms with E-state index in [0.29, 0.717) is 0 Å². The summed E-state index contributed by atoms with van der Waals surface area (Å²) < 4.78 is 5.44. The molecule has 3 aromatic rings. The zero-order valence-electron chi connectivity index (χ0n) is 20.1. The van der Waals surface area contributed by atoms with Gasteiger partial charge in [0.05, 0.1) is 13.0 Å². The van der Waals surface area contributed by atoms with E-state index in [1.54, 1.807) is 27.7 Å². The summed E-state index contributed by atoms with van der Waals surface area (Å²) >= 11 is 0. The minimum Gasteiger partial charge on any atom is -0.460 e. The first-order chi connectivity index (χ1) is 16.2. The summed E-state index contributed by atoms with van der Waals surface area (Å²) in [6.07, 6.45) is -0.0759. The quantitative estimate of drug-likeness (QED) is 0.278. The number of benzene rings is 3. The fraction of sp³-hybridized carbons (Fsp3) is 0.241. The normalized spacial score (nSPS) is 12.3. The maximum Gasteiger partial charge on any atom is 0.306 e. The van der Waals surface area contributed by atoms with Gasteiger partial charge in [0.2, 0.25) is 5.42 Å². The van der Waals surface area contributed by atoms with Gasteiger partial charge in [-0.05, 0) is 43.6 Å². The van der Waals surface area contributed by atoms with Gasteiger partial charge in [-0.15, -0.1) is 0 Å². The lowest BCUT2D eigenvalue weighted by molar-refractivity contribution is -0.156. The average molecular weight is 472 g/mol. The van der Waals surface area contributed by atoms with Crippen molar-refractivity contribution < 1.29 is 14.3 Å². The largest absolute Gasteiger partial charge is 0.460 e. The van der Waals surface area contributed by atoms with Crippen LogP contribution in [-0.2, 0) is 14.3 Å². The number of nitrogens with zero attached hydrogens (tertiary/aromatic N) is 1. The van der Waals surface area contributed by atoms with Crippen molar-refractivity contribution in [2.24, 2.45) is 5.92 Å². The number of esters is 1. The molecule has 0 N–H and O–H groups in total. The van der Waals surface area contributed by atoms with Gasteiger partial charge in [-0.25, -0.2) is 4.85 Å². The fourth-order valence-corrected chi connectivity index (χ4v) is 8.20. The molecule has 0 aliphatic rings. The molecule has 4 nitrogen and oxygen atoms in total. The molecule has 0 amide bonds. The molecule has 0 fully saturated rings. The Morgan fingerprint density at radius 3 is 1.53 bits per heavy atom. The van der Waals surface area contributed by atoms with Crippen molar-refractivity contribution in [2.75, 3.05) is 0 Å². The first-order valence-corrected chi connectivity index (χ1v) is 13.1. The van der Waals surface area contributed by atoms with Crippen LogP contribution in [0.3, 0.4) is 0 Å². The standard InChI is InChI=1S/C29H30NO3P/c1-22(21-26(31)33-29(2,3)4)27(32)28(30-5)34(23-15-9-6-10-16-23,24-17-11-7-12-18-24)25-19-13-8-14-20-25/h6-20,22H,21H2,1-4H3/t22-/m1/s1. The summed E-state index contributed by atoms with van der Waals surface area (Å²) in [5.41, 5.74) is -0.465. The molecule has 0 aliphatic heterocycles. The van der Waals surface area contributed by atoms with Gasteiger partial charge in [-0.1, -0.05) is 97.9 Å². The third kappa shape index (κ3) is 5.38. The zero-order valence-corrected chi connectivity index (χ0v) is 21.0. The van der Waals surface area contributed by atoms with E-state index in [1.807, 2.05) is 91.0 Å². The average Bonchev–Trinajstić information content (AvgIpc) is 2.82. The third-order valence-electron chi connectivity index (χ3n) is 5.41. The summed E-state index contributed by atoms with van der Waals surface area (Å²) in [7, 11) is 0. The van der Waals surface area contributed by atoms with E-state index in [1.165, 1.54) is 0 Å². The molecule has 1 atom stereocenters. The van der Waals surface area contributed by atoms with Gasteiger partial charge in [0.25, 0.3) is 0 Å². The third-order valence-corrected chi connectivity index (χ3v) is 9.59. The van der Waals surface area contributed by atoms with Gasteiger partial charge in [0, 0.05) is 5.92 Å². The molecular weight excluding hydrogens is 441 g/mol. The summed E-state index contributed by atoms with van der Waals surface area (Å²) in [6.45, 7) is 12.5. The topological polar surface area (TPSA) is 47.7 Å². The summed E-state index contributed by atoms with van der Waals surface area (Å²) in [5, 5.41) is 2.78. The predicted octanol–water partition coefficient (Wildman–Crippen LogP) is 4.97. The highest BCUT2D eigenvalue weighted by Gasteiger charge is 2.36. The van der Waals surface area contributed by atoms with Gasteiger partial charge in [0.1, 0.15) is 5.60 Å². The van der Waals surface area contributed by atoms with Crippen molar-refractivity contribution in [3.8, 4) is 0 Å². The molecule has 0 unspecified atom stereocenters. The molecule has 3 aromatic carbocycles. The highest BCUT2D eigenvalue weighted by molar-refractivity contribution is 7.96. The van der Waals surface area contributed by atoms with Crippen LogP contribution >= 0.6 is 6.89 Å². The van der Waals surface area contributed by atoms with Crippen LogP contribution in [0.15, 0.2) is 91.0 Å². The van der Waals surface area contributed by atoms with E-state index in [0.717, 1.165) is 15.9 Å². The van der Waals surface area contributed by atoms with E-state index >= 15 is 0 Å². The number of Topliss-reactive ketones (excluding diaryl/α,β-unsaturated/α-hetero) is 1. The molecule has 0 aliphatic carbocycles. The number of ketones is 1. The van der Waals surface area contributed by atoms with Gasteiger partial charge < -0.3 is 9.53 Å². The van der Waals surface area contributed by atoms with E-state index in [-0.39, 0.29) is 17.6 Å². The number of carbonyl (C=O) groups excluding carboxylic acids is 2. The van der Waals surface area contributed by atoms with Crippen molar-refractivity contribution in [1.29, 1.82) is 0 Å². The number of hydrogen-bond acceptors (Lipinski definition) is 3. The second-order valence-corrected chi connectivity index (χ2v) is 12.5. The maximum atomic E-state index is 13.9. The molecule has 0 saturated heterocycles. The van der Waals surface area contributed by atoms with Crippen molar-refractivity contribution in [2.45, 2.75) is 39.7 Å². The lowest BCUT2D eigenvalue weighted by Gasteiger charge is -2.30. The molecule has 0 spiro atoms. The lowest BCUT2D eigenvalue weighted by atomic mass is 10.0. The SMILES string of the molecule is [C-]#[N+]C(C(=O)[C@H](C)CC(=O)OC(C)(C)C)=P(c1ccccc1)(c1ccccc1)c1ccccc1. The number of rotatable bonds is 7. The Balaban J connectivity index is 2.31. The van der Waals surface area contributed by atoms with Crippen molar-refractivity contribution in [3.05, 3.63) is 102 Å². The van der Waals surface area contributed by atoms with E-state index in [2.05, 4.69) is 4.85 Å². The van der Waals surface area contributed by atoms with Crippen LogP contribution in [-0.4, -0.2) is 22.8 Å². The van der Waals surface area contributed by atoms with Crippen LogP contribution in [0.5, 0.6) is 0 Å². The van der Waals surface area contributed by atoms with Crippen LogP contribution < -0.4 is 15.9 Å². The first-order valence-electron chi connectivity index (χ1n) is 11.3. The highest BCUT2D eigenvalue weighted by atomic mass is 31.2. The minimum atomic E-state index is -2.80. The Kier molecular flexibility index (Phi) is 7.92. The van der Waals surface area contributed by atoms with Crippen molar-refractivity contribution >= 4 is 40.0 Å². The Hall–Kier alpha value is -3.41. The number of carbonyl (C=O) groups is 2. The monoisotopic (exact) mass is 471 g/mol. The summed E-state index contributed by atoms with van der Waals surface area (Å²) in [6, 6.07) is 29.4. The Bertz CT molecular complexity index is 1130. The van der Waals surface area contributed by atoms with Crippen LogP contribution in [0, 0.1) is 12.5 Å². The predicted molar refractivity (Wildman–Crippen MR) is 141 cm³/mol. The summed E-state index contributed by atoms with van der Waals surface area (Å²) in [4.78, 5) is 30.3. The fourth-order valence-electron chi connectivity index (χ4n) is 4.01. The Labute approximate surface area is 202 Å². The Morgan fingerprint density at radius 2 is 1.21 bits per heavy atom. The molecule has 0 saturated carbocycles. The van der Waals surface area contributed by atoms with Crippen LogP contribution in [0.1, 0.15) is 34.1 Å². The zero-order chi connectivity index (χ0) is 24.8. The number of hydrogen-bond donors (Lipinski definition) is 0. The van der Waals surface area contributed by atoms with E-state index in [4.69, 9.17) is 11.3 Å².